The summed E-state index contributed by atoms with van der Waals surface area (Å²) in [5.41, 5.74) is 0.915. The Morgan fingerprint density at radius 3 is 2.50 bits per heavy atom. The molecule has 1 amide bonds. The zero-order valence-corrected chi connectivity index (χ0v) is 14.3. The van der Waals surface area contributed by atoms with Crippen molar-refractivity contribution in [3.8, 4) is 0 Å². The fraction of sp³-hybridized carbons (Fsp3) is 0.812. The molecule has 0 unspecified atom stereocenters. The predicted molar refractivity (Wildman–Crippen MR) is 88.2 cm³/mol. The van der Waals surface area contributed by atoms with Crippen LogP contribution in [0.15, 0.2) is 0 Å². The first-order chi connectivity index (χ1) is 10.7. The minimum atomic E-state index is -0.00513. The van der Waals surface area contributed by atoms with Crippen LogP contribution in [0.3, 0.4) is 0 Å². The maximum absolute atomic E-state index is 12.4. The number of carbonyl (C=O) groups excluding carboxylic acids is 1. The first kappa shape index (κ1) is 15.9. The molecule has 0 atom stereocenters. The van der Waals surface area contributed by atoms with Gasteiger partial charge in [0.25, 0.3) is 5.91 Å². The zero-order chi connectivity index (χ0) is 15.4. The molecule has 2 heterocycles. The van der Waals surface area contributed by atoms with Crippen LogP contribution in [0.4, 0.5) is 0 Å². The van der Waals surface area contributed by atoms with Gasteiger partial charge < -0.3 is 5.32 Å². The highest BCUT2D eigenvalue weighted by Crippen LogP contribution is 2.35. The average Bonchev–Trinajstić information content (AvgIpc) is 3.00. The molecule has 0 aromatic carbocycles. The summed E-state index contributed by atoms with van der Waals surface area (Å²) >= 11 is 1.19. The quantitative estimate of drug-likeness (QED) is 0.926. The summed E-state index contributed by atoms with van der Waals surface area (Å²) in [4.78, 5) is 15.7. The first-order valence-corrected chi connectivity index (χ1v) is 9.31. The molecule has 5 nitrogen and oxygen atoms in total. The molecule has 1 N–H and O–H groups in total. The van der Waals surface area contributed by atoms with E-state index >= 15 is 0 Å². The van der Waals surface area contributed by atoms with Crippen molar-refractivity contribution in [3.63, 3.8) is 0 Å². The molecule has 1 aliphatic heterocycles. The molecule has 122 valence electrons. The minimum Gasteiger partial charge on any atom is -0.349 e. The summed E-state index contributed by atoms with van der Waals surface area (Å²) in [5, 5.41) is 7.12. The first-order valence-electron chi connectivity index (χ1n) is 8.53. The van der Waals surface area contributed by atoms with Gasteiger partial charge in [-0.2, -0.15) is 0 Å². The van der Waals surface area contributed by atoms with E-state index in [1.807, 2.05) is 6.92 Å². The second-order valence-electron chi connectivity index (χ2n) is 6.70. The fourth-order valence-electron chi connectivity index (χ4n) is 3.95. The van der Waals surface area contributed by atoms with E-state index in [-0.39, 0.29) is 11.4 Å². The number of carbonyl (C=O) groups is 1. The Bertz CT molecular complexity index is 504. The van der Waals surface area contributed by atoms with Crippen molar-refractivity contribution in [2.24, 2.45) is 0 Å². The molecule has 0 spiro atoms. The molecule has 2 fully saturated rings. The Labute approximate surface area is 136 Å². The number of amides is 1. The summed E-state index contributed by atoms with van der Waals surface area (Å²) in [6.45, 7) is 5.00. The van der Waals surface area contributed by atoms with E-state index in [0.29, 0.717) is 4.88 Å². The van der Waals surface area contributed by atoms with Gasteiger partial charge in [0.05, 0.1) is 5.69 Å². The number of rotatable bonds is 4. The predicted octanol–water partition coefficient (Wildman–Crippen LogP) is 2.77. The van der Waals surface area contributed by atoms with Gasteiger partial charge in [-0.3, -0.25) is 9.69 Å². The lowest BCUT2D eigenvalue weighted by atomic mass is 9.79. The second kappa shape index (κ2) is 7.04. The van der Waals surface area contributed by atoms with Crippen molar-refractivity contribution in [2.75, 3.05) is 19.6 Å². The molecule has 1 aliphatic carbocycles. The number of nitrogens with zero attached hydrogens (tertiary/aromatic N) is 3. The Kier molecular flexibility index (Phi) is 5.08. The monoisotopic (exact) mass is 322 g/mol. The number of nitrogens with one attached hydrogen (secondary N) is 1. The standard InChI is InChI=1S/C16H26N4OS/c1-13-14(22-19-18-13)15(21)17-12-16(8-4-2-5-9-16)20-10-6-3-7-11-20/h2-12H2,1H3,(H,17,21). The van der Waals surface area contributed by atoms with Gasteiger partial charge in [-0.1, -0.05) is 30.2 Å². The molecule has 1 aromatic heterocycles. The number of piperidine rings is 1. The van der Waals surface area contributed by atoms with Gasteiger partial charge in [-0.05, 0) is 57.2 Å². The Morgan fingerprint density at radius 2 is 1.86 bits per heavy atom. The number of aromatic nitrogens is 2. The van der Waals surface area contributed by atoms with Gasteiger partial charge >= 0.3 is 0 Å². The molecular formula is C16H26N4OS. The van der Waals surface area contributed by atoms with Crippen LogP contribution >= 0.6 is 11.5 Å². The molecule has 0 bridgehead atoms. The summed E-state index contributed by atoms with van der Waals surface area (Å²) in [7, 11) is 0. The number of hydrogen-bond acceptors (Lipinski definition) is 5. The lowest BCUT2D eigenvalue weighted by molar-refractivity contribution is 0.0327. The SMILES string of the molecule is Cc1nnsc1C(=O)NCC1(N2CCCCC2)CCCCC1. The van der Waals surface area contributed by atoms with Crippen LogP contribution in [0.1, 0.15) is 66.7 Å². The molecule has 6 heteroatoms. The van der Waals surface area contributed by atoms with E-state index in [9.17, 15) is 4.79 Å². The van der Waals surface area contributed by atoms with Crippen LogP contribution < -0.4 is 5.32 Å². The lowest BCUT2D eigenvalue weighted by Gasteiger charge is -2.48. The molecule has 2 aliphatic rings. The van der Waals surface area contributed by atoms with Crippen molar-refractivity contribution in [2.45, 2.75) is 63.8 Å². The third-order valence-electron chi connectivity index (χ3n) is 5.25. The smallest absolute Gasteiger partial charge is 0.265 e. The van der Waals surface area contributed by atoms with Crippen LogP contribution in [0.25, 0.3) is 0 Å². The summed E-state index contributed by atoms with van der Waals surface area (Å²) in [6, 6.07) is 0. The van der Waals surface area contributed by atoms with Crippen LogP contribution in [0, 0.1) is 6.92 Å². The summed E-state index contributed by atoms with van der Waals surface area (Å²) in [6.07, 6.45) is 10.3. The summed E-state index contributed by atoms with van der Waals surface area (Å²) < 4.78 is 3.87. The van der Waals surface area contributed by atoms with E-state index in [0.717, 1.165) is 12.2 Å². The zero-order valence-electron chi connectivity index (χ0n) is 13.4. The summed E-state index contributed by atoms with van der Waals surface area (Å²) in [5.74, 6) is -0.00513. The molecule has 22 heavy (non-hydrogen) atoms. The van der Waals surface area contributed by atoms with Crippen LogP contribution in [-0.4, -0.2) is 45.6 Å². The van der Waals surface area contributed by atoms with Crippen LogP contribution in [-0.2, 0) is 0 Å². The van der Waals surface area contributed by atoms with E-state index in [4.69, 9.17) is 0 Å². The van der Waals surface area contributed by atoms with Gasteiger partial charge in [0, 0.05) is 12.1 Å². The highest BCUT2D eigenvalue weighted by atomic mass is 32.1. The van der Waals surface area contributed by atoms with E-state index in [1.165, 1.54) is 76.0 Å². The average molecular weight is 322 g/mol. The second-order valence-corrected chi connectivity index (χ2v) is 7.46. The van der Waals surface area contributed by atoms with Crippen molar-refractivity contribution in [3.05, 3.63) is 10.6 Å². The number of likely N-dealkylation sites (tertiary alicyclic amines) is 1. The van der Waals surface area contributed by atoms with Crippen molar-refractivity contribution in [1.29, 1.82) is 0 Å². The molecule has 3 rings (SSSR count). The molecule has 1 aromatic rings. The van der Waals surface area contributed by atoms with Crippen LogP contribution in [0.5, 0.6) is 0 Å². The molecule has 1 saturated heterocycles. The molecule has 1 saturated carbocycles. The normalized spacial score (nSPS) is 22.4. The Morgan fingerprint density at radius 1 is 1.18 bits per heavy atom. The third-order valence-corrected chi connectivity index (χ3v) is 6.07. The van der Waals surface area contributed by atoms with Crippen molar-refractivity contribution in [1.82, 2.24) is 19.8 Å². The highest BCUT2D eigenvalue weighted by molar-refractivity contribution is 7.07. The van der Waals surface area contributed by atoms with Crippen molar-refractivity contribution < 1.29 is 4.79 Å². The van der Waals surface area contributed by atoms with Gasteiger partial charge in [0.2, 0.25) is 0 Å². The Hall–Kier alpha value is -1.01. The largest absolute Gasteiger partial charge is 0.349 e. The number of aryl methyl sites for hydroxylation is 1. The van der Waals surface area contributed by atoms with Gasteiger partial charge in [-0.15, -0.1) is 5.10 Å². The van der Waals surface area contributed by atoms with Crippen molar-refractivity contribution >= 4 is 17.4 Å². The minimum absolute atomic E-state index is 0.00513. The van der Waals surface area contributed by atoms with Gasteiger partial charge in [0.1, 0.15) is 4.88 Å². The Balaban J connectivity index is 1.67. The lowest BCUT2D eigenvalue weighted by Crippen LogP contribution is -2.58. The maximum Gasteiger partial charge on any atom is 0.265 e. The van der Waals surface area contributed by atoms with E-state index in [1.54, 1.807) is 0 Å². The highest BCUT2D eigenvalue weighted by Gasteiger charge is 2.38. The molecule has 0 radical (unpaired) electrons. The number of hydrogen-bond donors (Lipinski definition) is 1. The van der Waals surface area contributed by atoms with E-state index in [2.05, 4.69) is 19.8 Å². The van der Waals surface area contributed by atoms with Crippen LogP contribution in [0.2, 0.25) is 0 Å². The molecular weight excluding hydrogens is 296 g/mol. The fourth-order valence-corrected chi connectivity index (χ4v) is 4.52. The maximum atomic E-state index is 12.4. The van der Waals surface area contributed by atoms with Gasteiger partial charge in [0.15, 0.2) is 0 Å². The topological polar surface area (TPSA) is 58.1 Å². The third kappa shape index (κ3) is 3.33. The van der Waals surface area contributed by atoms with Gasteiger partial charge in [-0.25, -0.2) is 0 Å². The van der Waals surface area contributed by atoms with E-state index < -0.39 is 0 Å².